The monoisotopic (exact) mass is 293 g/mol. The summed E-state index contributed by atoms with van der Waals surface area (Å²) < 4.78 is 0. The van der Waals surface area contributed by atoms with Gasteiger partial charge in [-0.05, 0) is 51.0 Å². The quantitative estimate of drug-likeness (QED) is 0.372. The molecule has 0 atom stereocenters. The second kappa shape index (κ2) is 10.2. The van der Waals surface area contributed by atoms with E-state index in [9.17, 15) is 0 Å². The van der Waals surface area contributed by atoms with E-state index in [-0.39, 0.29) is 0 Å². The number of aromatic nitrogens is 2. The third-order valence-corrected chi connectivity index (χ3v) is 3.40. The van der Waals surface area contributed by atoms with Crippen LogP contribution in [0.15, 0.2) is 11.2 Å². The van der Waals surface area contributed by atoms with Crippen molar-refractivity contribution < 1.29 is 0 Å². The van der Waals surface area contributed by atoms with Crippen LogP contribution in [0.3, 0.4) is 0 Å². The van der Waals surface area contributed by atoms with E-state index in [1.165, 1.54) is 18.4 Å². The standard InChI is InChI=1S/C16H31N5/c1-5-17-16(18-10-6-8-13(2)3)19-11-7-9-15-12-20-21-14(15)4/h12-13H,5-11H2,1-4H3,(H,20,21)(H2,17,18,19). The first-order valence-electron chi connectivity index (χ1n) is 8.14. The molecule has 0 saturated carbocycles. The summed E-state index contributed by atoms with van der Waals surface area (Å²) in [5, 5.41) is 13.7. The second-order valence-corrected chi connectivity index (χ2v) is 5.85. The van der Waals surface area contributed by atoms with Gasteiger partial charge in [-0.3, -0.25) is 10.1 Å². The molecule has 1 rings (SSSR count). The first kappa shape index (κ1) is 17.5. The van der Waals surface area contributed by atoms with Crippen LogP contribution in [0.5, 0.6) is 0 Å². The molecule has 0 aromatic carbocycles. The van der Waals surface area contributed by atoms with Crippen molar-refractivity contribution in [2.24, 2.45) is 10.9 Å². The fourth-order valence-electron chi connectivity index (χ4n) is 2.15. The molecule has 0 fully saturated rings. The second-order valence-electron chi connectivity index (χ2n) is 5.85. The molecule has 0 unspecified atom stereocenters. The summed E-state index contributed by atoms with van der Waals surface area (Å²) in [4.78, 5) is 4.62. The van der Waals surface area contributed by atoms with Crippen molar-refractivity contribution in [3.8, 4) is 0 Å². The summed E-state index contributed by atoms with van der Waals surface area (Å²) in [6, 6.07) is 0. The Hall–Kier alpha value is -1.52. The van der Waals surface area contributed by atoms with E-state index in [4.69, 9.17) is 0 Å². The van der Waals surface area contributed by atoms with Crippen molar-refractivity contribution in [2.75, 3.05) is 19.6 Å². The summed E-state index contributed by atoms with van der Waals surface area (Å²) in [6.45, 7) is 11.4. The number of H-pyrrole nitrogens is 1. The van der Waals surface area contributed by atoms with Crippen molar-refractivity contribution >= 4 is 5.96 Å². The van der Waals surface area contributed by atoms with E-state index in [2.05, 4.69) is 53.5 Å². The number of hydrogen-bond donors (Lipinski definition) is 3. The number of hydrogen-bond acceptors (Lipinski definition) is 2. The van der Waals surface area contributed by atoms with Crippen LogP contribution < -0.4 is 10.6 Å². The van der Waals surface area contributed by atoms with E-state index in [1.807, 2.05) is 6.20 Å². The zero-order valence-electron chi connectivity index (χ0n) is 14.0. The van der Waals surface area contributed by atoms with Gasteiger partial charge in [0.2, 0.25) is 0 Å². The van der Waals surface area contributed by atoms with Crippen LogP contribution >= 0.6 is 0 Å². The Morgan fingerprint density at radius 3 is 2.76 bits per heavy atom. The Labute approximate surface area is 129 Å². The third kappa shape index (κ3) is 7.73. The maximum absolute atomic E-state index is 4.62. The molecule has 0 saturated heterocycles. The van der Waals surface area contributed by atoms with Gasteiger partial charge in [0.05, 0.1) is 6.20 Å². The summed E-state index contributed by atoms with van der Waals surface area (Å²) in [6.07, 6.45) is 6.43. The molecule has 0 aliphatic carbocycles. The lowest BCUT2D eigenvalue weighted by Gasteiger charge is -2.11. The molecule has 120 valence electrons. The van der Waals surface area contributed by atoms with Crippen molar-refractivity contribution in [1.29, 1.82) is 0 Å². The Morgan fingerprint density at radius 2 is 2.14 bits per heavy atom. The minimum Gasteiger partial charge on any atom is -0.357 e. The lowest BCUT2D eigenvalue weighted by molar-refractivity contribution is 0.549. The molecule has 1 aromatic heterocycles. The lowest BCUT2D eigenvalue weighted by Crippen LogP contribution is -2.38. The number of guanidine groups is 1. The van der Waals surface area contributed by atoms with Crippen LogP contribution in [0, 0.1) is 12.8 Å². The van der Waals surface area contributed by atoms with Gasteiger partial charge in [-0.1, -0.05) is 13.8 Å². The van der Waals surface area contributed by atoms with Crippen LogP contribution in [0.4, 0.5) is 0 Å². The number of nitrogens with zero attached hydrogens (tertiary/aromatic N) is 2. The summed E-state index contributed by atoms with van der Waals surface area (Å²) in [5.41, 5.74) is 2.46. The number of rotatable bonds is 9. The molecule has 0 aliphatic rings. The molecule has 1 heterocycles. The first-order chi connectivity index (χ1) is 10.1. The van der Waals surface area contributed by atoms with Crippen LogP contribution in [-0.4, -0.2) is 35.8 Å². The molecular formula is C16H31N5. The largest absolute Gasteiger partial charge is 0.357 e. The zero-order chi connectivity index (χ0) is 15.5. The predicted octanol–water partition coefficient (Wildman–Crippen LogP) is 2.64. The van der Waals surface area contributed by atoms with E-state index < -0.39 is 0 Å². The van der Waals surface area contributed by atoms with E-state index in [0.717, 1.165) is 50.0 Å². The Balaban J connectivity index is 2.25. The summed E-state index contributed by atoms with van der Waals surface area (Å²) in [7, 11) is 0. The number of aryl methyl sites for hydroxylation is 2. The Bertz CT molecular complexity index is 409. The first-order valence-corrected chi connectivity index (χ1v) is 8.14. The molecule has 5 nitrogen and oxygen atoms in total. The average Bonchev–Trinajstić information content (AvgIpc) is 2.84. The van der Waals surface area contributed by atoms with Gasteiger partial charge in [0.1, 0.15) is 0 Å². The summed E-state index contributed by atoms with van der Waals surface area (Å²) in [5.74, 6) is 1.70. The number of nitrogens with one attached hydrogen (secondary N) is 3. The molecule has 0 bridgehead atoms. The molecule has 0 aliphatic heterocycles. The smallest absolute Gasteiger partial charge is 0.191 e. The van der Waals surface area contributed by atoms with Crippen molar-refractivity contribution in [1.82, 2.24) is 20.8 Å². The van der Waals surface area contributed by atoms with Gasteiger partial charge in [0, 0.05) is 25.3 Å². The van der Waals surface area contributed by atoms with E-state index >= 15 is 0 Å². The Kier molecular flexibility index (Phi) is 8.55. The fourth-order valence-corrected chi connectivity index (χ4v) is 2.15. The molecule has 0 spiro atoms. The molecular weight excluding hydrogens is 262 g/mol. The highest BCUT2D eigenvalue weighted by Crippen LogP contribution is 2.05. The third-order valence-electron chi connectivity index (χ3n) is 3.40. The van der Waals surface area contributed by atoms with Gasteiger partial charge in [-0.15, -0.1) is 0 Å². The minimum atomic E-state index is 0.768. The molecule has 0 amide bonds. The maximum atomic E-state index is 4.62. The normalized spacial score (nSPS) is 12.0. The van der Waals surface area contributed by atoms with Crippen LogP contribution in [0.2, 0.25) is 0 Å². The fraction of sp³-hybridized carbons (Fsp3) is 0.750. The van der Waals surface area contributed by atoms with Crippen molar-refractivity contribution in [3.05, 3.63) is 17.5 Å². The summed E-state index contributed by atoms with van der Waals surface area (Å²) >= 11 is 0. The topological polar surface area (TPSA) is 65.1 Å². The number of aromatic amines is 1. The Morgan fingerprint density at radius 1 is 1.33 bits per heavy atom. The van der Waals surface area contributed by atoms with Crippen LogP contribution in [0.1, 0.15) is 51.3 Å². The van der Waals surface area contributed by atoms with Gasteiger partial charge in [0.25, 0.3) is 0 Å². The predicted molar refractivity (Wildman–Crippen MR) is 89.7 cm³/mol. The SMILES string of the molecule is CCNC(=NCCCc1cn[nH]c1C)NCCCC(C)C. The van der Waals surface area contributed by atoms with Crippen molar-refractivity contribution in [2.45, 2.75) is 53.4 Å². The minimum absolute atomic E-state index is 0.768. The number of aliphatic imine (C=N–C) groups is 1. The molecule has 21 heavy (non-hydrogen) atoms. The van der Waals surface area contributed by atoms with Crippen LogP contribution in [-0.2, 0) is 6.42 Å². The average molecular weight is 293 g/mol. The van der Waals surface area contributed by atoms with E-state index in [0.29, 0.717) is 0 Å². The van der Waals surface area contributed by atoms with E-state index in [1.54, 1.807) is 0 Å². The highest BCUT2D eigenvalue weighted by molar-refractivity contribution is 5.79. The van der Waals surface area contributed by atoms with Gasteiger partial charge in [-0.25, -0.2) is 0 Å². The maximum Gasteiger partial charge on any atom is 0.191 e. The van der Waals surface area contributed by atoms with Gasteiger partial charge < -0.3 is 10.6 Å². The van der Waals surface area contributed by atoms with Gasteiger partial charge >= 0.3 is 0 Å². The van der Waals surface area contributed by atoms with Gasteiger partial charge in [-0.2, -0.15) is 5.10 Å². The highest BCUT2D eigenvalue weighted by Gasteiger charge is 2.01. The van der Waals surface area contributed by atoms with Crippen molar-refractivity contribution in [3.63, 3.8) is 0 Å². The highest BCUT2D eigenvalue weighted by atomic mass is 15.2. The molecule has 0 radical (unpaired) electrons. The van der Waals surface area contributed by atoms with Crippen LogP contribution in [0.25, 0.3) is 0 Å². The lowest BCUT2D eigenvalue weighted by atomic mass is 10.1. The molecule has 5 heteroatoms. The molecule has 1 aromatic rings. The molecule has 3 N–H and O–H groups in total. The van der Waals surface area contributed by atoms with Gasteiger partial charge in [0.15, 0.2) is 5.96 Å². The zero-order valence-corrected chi connectivity index (χ0v) is 14.0.